The molecule has 0 aromatic rings. The Hall–Kier alpha value is -1.09. The minimum Gasteiger partial charge on any atom is -0.471 e. The largest absolute Gasteiger partial charge is 0.471 e. The topological polar surface area (TPSA) is 38.3 Å². The lowest BCUT2D eigenvalue weighted by molar-refractivity contribution is -0.115. The normalized spacial score (nSPS) is 34.0. The van der Waals surface area contributed by atoms with Crippen molar-refractivity contribution >= 4 is 6.29 Å². The van der Waals surface area contributed by atoms with Crippen molar-refractivity contribution in [1.29, 1.82) is 0 Å². The highest BCUT2D eigenvalue weighted by molar-refractivity contribution is 5.57. The quantitative estimate of drug-likeness (QED) is 0.549. The molecule has 1 aliphatic carbocycles. The highest BCUT2D eigenvalue weighted by Gasteiger charge is 2.29. The van der Waals surface area contributed by atoms with Crippen LogP contribution in [0.3, 0.4) is 0 Å². The van der Waals surface area contributed by atoms with Crippen molar-refractivity contribution < 1.29 is 9.53 Å². The first kappa shape index (κ1) is 6.61. The molecule has 1 fully saturated rings. The van der Waals surface area contributed by atoms with Crippen LogP contribution in [-0.4, -0.2) is 18.6 Å². The number of fused-ring (bicyclic) bond motifs is 1. The average molecular weight is 151 g/mol. The monoisotopic (exact) mass is 151 g/mol. The second kappa shape index (κ2) is 2.51. The third kappa shape index (κ3) is 1.07. The molecule has 1 N–H and O–H groups in total. The molecule has 2 aliphatic rings. The number of ether oxygens (including phenoxy) is 1. The molecule has 58 valence electrons. The van der Waals surface area contributed by atoms with Gasteiger partial charge in [-0.15, -0.1) is 0 Å². The van der Waals surface area contributed by atoms with Crippen LogP contribution in [-0.2, 0) is 9.53 Å². The molecule has 2 atom stereocenters. The summed E-state index contributed by atoms with van der Waals surface area (Å²) in [7, 11) is 0. The zero-order valence-corrected chi connectivity index (χ0v) is 5.99. The molecule has 0 spiro atoms. The highest BCUT2D eigenvalue weighted by Crippen LogP contribution is 2.21. The summed E-state index contributed by atoms with van der Waals surface area (Å²) in [6.07, 6.45) is 7.14. The van der Waals surface area contributed by atoms with E-state index in [2.05, 4.69) is 11.4 Å². The fraction of sp³-hybridized carbons (Fsp3) is 0.375. The van der Waals surface area contributed by atoms with Crippen molar-refractivity contribution in [2.75, 3.05) is 0 Å². The van der Waals surface area contributed by atoms with Crippen LogP contribution in [0, 0.1) is 0 Å². The van der Waals surface area contributed by atoms with Crippen LogP contribution >= 0.6 is 0 Å². The van der Waals surface area contributed by atoms with Crippen molar-refractivity contribution in [1.82, 2.24) is 5.32 Å². The number of hydrogen-bond donors (Lipinski definition) is 1. The van der Waals surface area contributed by atoms with Gasteiger partial charge in [0.25, 0.3) is 0 Å². The van der Waals surface area contributed by atoms with Crippen LogP contribution in [0.15, 0.2) is 24.0 Å². The fourth-order valence-electron chi connectivity index (χ4n) is 1.33. The minimum absolute atomic E-state index is 0.218. The number of rotatable bonds is 1. The molecule has 0 aromatic carbocycles. The summed E-state index contributed by atoms with van der Waals surface area (Å²) >= 11 is 0. The van der Waals surface area contributed by atoms with Gasteiger partial charge in [-0.3, -0.25) is 10.1 Å². The van der Waals surface area contributed by atoms with Gasteiger partial charge in [-0.05, 0) is 12.5 Å². The maximum Gasteiger partial charge on any atom is 0.206 e. The average Bonchev–Trinajstić information content (AvgIpc) is 2.46. The summed E-state index contributed by atoms with van der Waals surface area (Å²) in [5.41, 5.74) is 0. The number of carbonyl (C=O) groups is 1. The molecule has 2 rings (SSSR count). The van der Waals surface area contributed by atoms with E-state index < -0.39 is 6.23 Å². The Labute approximate surface area is 64.7 Å². The maximum atomic E-state index is 10.3. The molecule has 1 saturated heterocycles. The first-order chi connectivity index (χ1) is 5.40. The van der Waals surface area contributed by atoms with E-state index in [1.165, 1.54) is 0 Å². The lowest BCUT2D eigenvalue weighted by Crippen LogP contribution is -2.30. The molecule has 0 aromatic heterocycles. The molecule has 1 heterocycles. The van der Waals surface area contributed by atoms with Gasteiger partial charge in [0.05, 0.1) is 6.04 Å². The first-order valence-electron chi connectivity index (χ1n) is 3.65. The first-order valence-corrected chi connectivity index (χ1v) is 3.65. The standard InChI is InChI=1S/C8H9NO2/c10-5-8-9-6-3-1-2-4-7(6)11-8/h1-2,4-6,8-9H,3H2. The molecule has 1 aliphatic heterocycles. The molecule has 11 heavy (non-hydrogen) atoms. The van der Waals surface area contributed by atoms with Gasteiger partial charge < -0.3 is 4.74 Å². The van der Waals surface area contributed by atoms with Crippen molar-refractivity contribution in [3.05, 3.63) is 24.0 Å². The number of hydrogen-bond acceptors (Lipinski definition) is 3. The van der Waals surface area contributed by atoms with Crippen LogP contribution in [0.1, 0.15) is 6.42 Å². The number of aldehydes is 1. The fourth-order valence-corrected chi connectivity index (χ4v) is 1.33. The number of carbonyl (C=O) groups excluding carboxylic acids is 1. The molecule has 2 unspecified atom stereocenters. The van der Waals surface area contributed by atoms with Gasteiger partial charge in [-0.1, -0.05) is 12.2 Å². The van der Waals surface area contributed by atoms with E-state index >= 15 is 0 Å². The van der Waals surface area contributed by atoms with Crippen molar-refractivity contribution in [3.8, 4) is 0 Å². The summed E-state index contributed by atoms with van der Waals surface area (Å²) in [5.74, 6) is 0.879. The van der Waals surface area contributed by atoms with Gasteiger partial charge in [0.15, 0.2) is 6.29 Å². The van der Waals surface area contributed by atoms with Crippen LogP contribution in [0.2, 0.25) is 0 Å². The molecule has 0 bridgehead atoms. The Morgan fingerprint density at radius 2 is 2.64 bits per heavy atom. The van der Waals surface area contributed by atoms with E-state index in [1.54, 1.807) is 0 Å². The van der Waals surface area contributed by atoms with Crippen LogP contribution < -0.4 is 5.32 Å². The van der Waals surface area contributed by atoms with Gasteiger partial charge >= 0.3 is 0 Å². The Morgan fingerprint density at radius 3 is 3.36 bits per heavy atom. The van der Waals surface area contributed by atoms with Crippen molar-refractivity contribution in [3.63, 3.8) is 0 Å². The Kier molecular flexibility index (Phi) is 1.51. The van der Waals surface area contributed by atoms with Crippen molar-refractivity contribution in [2.24, 2.45) is 0 Å². The summed E-state index contributed by atoms with van der Waals surface area (Å²) in [4.78, 5) is 10.3. The van der Waals surface area contributed by atoms with E-state index in [1.807, 2.05) is 12.2 Å². The summed E-state index contributed by atoms with van der Waals surface area (Å²) in [6.45, 7) is 0. The van der Waals surface area contributed by atoms with E-state index in [0.717, 1.165) is 18.5 Å². The predicted molar refractivity (Wildman–Crippen MR) is 39.7 cm³/mol. The lowest BCUT2D eigenvalue weighted by atomic mass is 10.1. The number of nitrogens with one attached hydrogen (secondary N) is 1. The maximum absolute atomic E-state index is 10.3. The second-order valence-corrected chi connectivity index (χ2v) is 2.63. The Morgan fingerprint density at radius 1 is 1.73 bits per heavy atom. The highest BCUT2D eigenvalue weighted by atomic mass is 16.5. The zero-order valence-electron chi connectivity index (χ0n) is 5.99. The van der Waals surface area contributed by atoms with Gasteiger partial charge in [0, 0.05) is 0 Å². The third-order valence-electron chi connectivity index (χ3n) is 1.86. The number of allylic oxidation sites excluding steroid dienone is 2. The molecule has 3 heteroatoms. The zero-order chi connectivity index (χ0) is 7.68. The molecule has 0 radical (unpaired) electrons. The van der Waals surface area contributed by atoms with Crippen LogP contribution in [0.25, 0.3) is 0 Å². The summed E-state index contributed by atoms with van der Waals surface area (Å²) < 4.78 is 5.25. The van der Waals surface area contributed by atoms with E-state index in [0.29, 0.717) is 0 Å². The minimum atomic E-state index is -0.439. The van der Waals surface area contributed by atoms with Gasteiger partial charge in [0.1, 0.15) is 5.76 Å². The Balaban J connectivity index is 2.14. The second-order valence-electron chi connectivity index (χ2n) is 2.63. The molecular weight excluding hydrogens is 142 g/mol. The summed E-state index contributed by atoms with van der Waals surface area (Å²) in [5, 5.41) is 3.03. The molecule has 3 nitrogen and oxygen atoms in total. The molecule has 0 saturated carbocycles. The molecule has 0 amide bonds. The van der Waals surface area contributed by atoms with Crippen LogP contribution in [0.5, 0.6) is 0 Å². The van der Waals surface area contributed by atoms with Gasteiger partial charge in [-0.25, -0.2) is 0 Å². The van der Waals surface area contributed by atoms with E-state index in [9.17, 15) is 4.79 Å². The third-order valence-corrected chi connectivity index (χ3v) is 1.86. The lowest BCUT2D eigenvalue weighted by Gasteiger charge is -2.08. The SMILES string of the molecule is O=CC1NC2CC=CC=C2O1. The van der Waals surface area contributed by atoms with E-state index in [-0.39, 0.29) is 6.04 Å². The van der Waals surface area contributed by atoms with Gasteiger partial charge in [0.2, 0.25) is 6.23 Å². The Bertz CT molecular complexity index is 232. The summed E-state index contributed by atoms with van der Waals surface area (Å²) in [6, 6.07) is 0.218. The smallest absolute Gasteiger partial charge is 0.206 e. The van der Waals surface area contributed by atoms with E-state index in [4.69, 9.17) is 4.74 Å². The van der Waals surface area contributed by atoms with Crippen molar-refractivity contribution in [2.45, 2.75) is 18.7 Å². The predicted octanol–water partition coefficient (Wildman–Crippen LogP) is 0.344. The molecular formula is C8H9NO2. The van der Waals surface area contributed by atoms with Crippen LogP contribution in [0.4, 0.5) is 0 Å². The van der Waals surface area contributed by atoms with Gasteiger partial charge in [-0.2, -0.15) is 0 Å².